The third kappa shape index (κ3) is 1.73. The third-order valence-electron chi connectivity index (χ3n) is 2.08. The maximum atomic E-state index is 12.0. The molecule has 0 aliphatic carbocycles. The smallest absolute Gasteiger partial charge is 0.216 e. The number of nitrogen functional groups attached to an aromatic ring is 1. The first-order chi connectivity index (χ1) is 7.20. The van der Waals surface area contributed by atoms with E-state index in [0.29, 0.717) is 11.3 Å². The Morgan fingerprint density at radius 2 is 2.27 bits per heavy atom. The number of rotatable bonds is 2. The van der Waals surface area contributed by atoms with Crippen LogP contribution in [-0.2, 0) is 0 Å². The topological polar surface area (TPSA) is 68.9 Å². The number of aryl methyl sites for hydroxylation is 1. The van der Waals surface area contributed by atoms with Gasteiger partial charge in [-0.3, -0.25) is 4.79 Å². The summed E-state index contributed by atoms with van der Waals surface area (Å²) in [4.78, 5) is 19.8. The van der Waals surface area contributed by atoms with Crippen LogP contribution in [0.2, 0.25) is 0 Å². The van der Waals surface area contributed by atoms with E-state index < -0.39 is 0 Å². The van der Waals surface area contributed by atoms with Gasteiger partial charge in [0.05, 0.1) is 11.1 Å². The molecule has 76 valence electrons. The van der Waals surface area contributed by atoms with Crippen LogP contribution in [0.1, 0.15) is 21.6 Å². The lowest BCUT2D eigenvalue weighted by Crippen LogP contribution is -2.09. The van der Waals surface area contributed by atoms with Gasteiger partial charge in [-0.1, -0.05) is 0 Å². The van der Waals surface area contributed by atoms with Gasteiger partial charge in [0.2, 0.25) is 5.78 Å². The number of aromatic nitrogens is 2. The maximum Gasteiger partial charge on any atom is 0.216 e. The van der Waals surface area contributed by atoms with Crippen LogP contribution in [-0.4, -0.2) is 15.8 Å². The summed E-state index contributed by atoms with van der Waals surface area (Å²) in [7, 11) is 0. The van der Waals surface area contributed by atoms with Crippen LogP contribution in [0, 0.1) is 6.92 Å². The molecule has 0 unspecified atom stereocenters. The van der Waals surface area contributed by atoms with Crippen LogP contribution in [0.4, 0.5) is 5.82 Å². The zero-order valence-electron chi connectivity index (χ0n) is 8.10. The van der Waals surface area contributed by atoms with Gasteiger partial charge in [0.1, 0.15) is 11.5 Å². The number of hydrogen-bond acceptors (Lipinski definition) is 5. The number of carbonyl (C=O) groups is 1. The van der Waals surface area contributed by atoms with Crippen molar-refractivity contribution in [2.75, 3.05) is 5.73 Å². The molecule has 0 saturated carbocycles. The number of anilines is 1. The second kappa shape index (κ2) is 3.78. The van der Waals surface area contributed by atoms with Gasteiger partial charge in [0, 0.05) is 11.6 Å². The summed E-state index contributed by atoms with van der Waals surface area (Å²) in [5, 5.41) is 1.70. The molecule has 5 heteroatoms. The molecule has 0 aliphatic rings. The van der Waals surface area contributed by atoms with Crippen LogP contribution in [0.3, 0.4) is 0 Å². The van der Waals surface area contributed by atoms with E-state index in [4.69, 9.17) is 5.73 Å². The quantitative estimate of drug-likeness (QED) is 0.780. The highest BCUT2D eigenvalue weighted by atomic mass is 32.1. The van der Waals surface area contributed by atoms with Crippen molar-refractivity contribution in [3.63, 3.8) is 0 Å². The lowest BCUT2D eigenvalue weighted by atomic mass is 10.0. The van der Waals surface area contributed by atoms with Gasteiger partial charge in [-0.25, -0.2) is 9.97 Å². The third-order valence-corrected chi connectivity index (χ3v) is 2.67. The molecule has 2 rings (SSSR count). The van der Waals surface area contributed by atoms with E-state index in [1.54, 1.807) is 23.2 Å². The molecule has 0 radical (unpaired) electrons. The van der Waals surface area contributed by atoms with Gasteiger partial charge in [-0.2, -0.15) is 0 Å². The van der Waals surface area contributed by atoms with Crippen molar-refractivity contribution >= 4 is 22.9 Å². The van der Waals surface area contributed by atoms with E-state index in [-0.39, 0.29) is 11.6 Å². The lowest BCUT2D eigenvalue weighted by Gasteiger charge is -2.04. The Balaban J connectivity index is 2.51. The van der Waals surface area contributed by atoms with Gasteiger partial charge < -0.3 is 5.73 Å². The first-order valence-electron chi connectivity index (χ1n) is 4.34. The van der Waals surface area contributed by atoms with Crippen LogP contribution in [0.15, 0.2) is 23.2 Å². The Hall–Kier alpha value is -1.75. The van der Waals surface area contributed by atoms with Crippen LogP contribution >= 0.6 is 11.3 Å². The summed E-state index contributed by atoms with van der Waals surface area (Å²) in [6.07, 6.45) is 1.59. The number of nitrogens with two attached hydrogens (primary N) is 1. The molecule has 0 fully saturated rings. The minimum absolute atomic E-state index is 0.167. The maximum absolute atomic E-state index is 12.0. The first kappa shape index (κ1) is 9.79. The highest BCUT2D eigenvalue weighted by molar-refractivity contribution is 7.07. The molecule has 4 nitrogen and oxygen atoms in total. The van der Waals surface area contributed by atoms with E-state index in [0.717, 1.165) is 5.56 Å². The van der Waals surface area contributed by atoms with Gasteiger partial charge in [-0.15, -0.1) is 11.3 Å². The Morgan fingerprint density at radius 1 is 1.47 bits per heavy atom. The predicted octanol–water partition coefficient (Wildman–Crippen LogP) is 1.66. The van der Waals surface area contributed by atoms with Crippen molar-refractivity contribution in [1.29, 1.82) is 0 Å². The summed E-state index contributed by atoms with van der Waals surface area (Å²) in [5.74, 6) is 0.0901. The van der Waals surface area contributed by atoms with Crippen molar-refractivity contribution in [2.24, 2.45) is 0 Å². The molecule has 15 heavy (non-hydrogen) atoms. The number of thiazole rings is 1. The average molecular weight is 219 g/mol. The summed E-state index contributed by atoms with van der Waals surface area (Å²) in [6, 6.07) is 1.76. The number of carbonyl (C=O) groups excluding carboxylic acids is 1. The largest absolute Gasteiger partial charge is 0.383 e. The number of ketones is 1. The van der Waals surface area contributed by atoms with E-state index in [1.165, 1.54) is 11.3 Å². The van der Waals surface area contributed by atoms with Crippen molar-refractivity contribution < 1.29 is 4.79 Å². The highest BCUT2D eigenvalue weighted by Crippen LogP contribution is 2.18. The van der Waals surface area contributed by atoms with Gasteiger partial charge in [0.25, 0.3) is 0 Å². The zero-order valence-corrected chi connectivity index (χ0v) is 8.91. The predicted molar refractivity (Wildman–Crippen MR) is 58.9 cm³/mol. The SMILES string of the molecule is Cc1ccnc(N)c1C(=O)c1cscn1. The molecular formula is C10H9N3OS. The van der Waals surface area contributed by atoms with E-state index in [2.05, 4.69) is 9.97 Å². The van der Waals surface area contributed by atoms with Crippen molar-refractivity contribution in [3.8, 4) is 0 Å². The molecule has 0 aromatic carbocycles. The Morgan fingerprint density at radius 3 is 2.87 bits per heavy atom. The fourth-order valence-corrected chi connectivity index (χ4v) is 1.86. The van der Waals surface area contributed by atoms with E-state index in [1.807, 2.05) is 6.92 Å². The molecule has 2 heterocycles. The van der Waals surface area contributed by atoms with Crippen molar-refractivity contribution in [1.82, 2.24) is 9.97 Å². The fourth-order valence-electron chi connectivity index (χ4n) is 1.33. The second-order valence-electron chi connectivity index (χ2n) is 3.09. The first-order valence-corrected chi connectivity index (χ1v) is 5.28. The van der Waals surface area contributed by atoms with Gasteiger partial charge in [-0.05, 0) is 18.6 Å². The highest BCUT2D eigenvalue weighted by Gasteiger charge is 2.16. The molecule has 2 aromatic rings. The Kier molecular flexibility index (Phi) is 2.47. The van der Waals surface area contributed by atoms with Crippen molar-refractivity contribution in [2.45, 2.75) is 6.92 Å². The molecule has 0 spiro atoms. The number of nitrogens with zero attached hydrogens (tertiary/aromatic N) is 2. The average Bonchev–Trinajstić information content (AvgIpc) is 2.69. The minimum atomic E-state index is -0.167. The Labute approximate surface area is 90.8 Å². The van der Waals surface area contributed by atoms with Crippen LogP contribution in [0.25, 0.3) is 0 Å². The molecule has 2 N–H and O–H groups in total. The van der Waals surface area contributed by atoms with Crippen LogP contribution < -0.4 is 5.73 Å². The molecule has 0 atom stereocenters. The monoisotopic (exact) mass is 219 g/mol. The second-order valence-corrected chi connectivity index (χ2v) is 3.81. The molecular weight excluding hydrogens is 210 g/mol. The molecule has 0 bridgehead atoms. The van der Waals surface area contributed by atoms with Gasteiger partial charge >= 0.3 is 0 Å². The lowest BCUT2D eigenvalue weighted by molar-refractivity contribution is 0.103. The normalized spacial score (nSPS) is 10.2. The molecule has 2 aromatic heterocycles. The molecule has 0 amide bonds. The summed E-state index contributed by atoms with van der Waals surface area (Å²) >= 11 is 1.38. The van der Waals surface area contributed by atoms with Crippen molar-refractivity contribution in [3.05, 3.63) is 40.0 Å². The fraction of sp³-hybridized carbons (Fsp3) is 0.100. The molecule has 0 aliphatic heterocycles. The van der Waals surface area contributed by atoms with E-state index in [9.17, 15) is 4.79 Å². The van der Waals surface area contributed by atoms with E-state index >= 15 is 0 Å². The summed E-state index contributed by atoms with van der Waals surface area (Å²) in [5.41, 5.74) is 8.98. The number of hydrogen-bond donors (Lipinski definition) is 1. The van der Waals surface area contributed by atoms with Crippen LogP contribution in [0.5, 0.6) is 0 Å². The van der Waals surface area contributed by atoms with Gasteiger partial charge in [0.15, 0.2) is 0 Å². The zero-order chi connectivity index (χ0) is 10.8. The summed E-state index contributed by atoms with van der Waals surface area (Å²) in [6.45, 7) is 1.83. The molecule has 0 saturated heterocycles. The standard InChI is InChI=1S/C10H9N3OS/c1-6-2-3-12-10(11)8(6)9(14)7-4-15-5-13-7/h2-5H,1H3,(H2,11,12). The minimum Gasteiger partial charge on any atom is -0.383 e. The Bertz CT molecular complexity index is 473. The number of pyridine rings is 1. The summed E-state index contributed by atoms with van der Waals surface area (Å²) < 4.78 is 0.